The predicted octanol–water partition coefficient (Wildman–Crippen LogP) is 0.745. The minimum absolute atomic E-state index is 0.687. The Morgan fingerprint density at radius 1 is 1.26 bits per heavy atom. The lowest BCUT2D eigenvalue weighted by atomic mass is 9.99. The molecule has 1 aromatic rings. The third kappa shape index (κ3) is 2.64. The summed E-state index contributed by atoms with van der Waals surface area (Å²) in [5.41, 5.74) is 2.62. The van der Waals surface area contributed by atoms with Gasteiger partial charge in [-0.2, -0.15) is 0 Å². The van der Waals surface area contributed by atoms with Crippen molar-refractivity contribution in [1.29, 1.82) is 0 Å². The molecular formula is C13H22N6. The molecular weight excluding hydrogens is 240 g/mol. The molecule has 1 atom stereocenters. The van der Waals surface area contributed by atoms with Crippen molar-refractivity contribution in [2.75, 3.05) is 36.5 Å². The van der Waals surface area contributed by atoms with Crippen LogP contribution in [0.4, 0.5) is 11.6 Å². The summed E-state index contributed by atoms with van der Waals surface area (Å²) >= 11 is 0. The topological polar surface area (TPSA) is 70.3 Å². The maximum atomic E-state index is 5.46. The highest BCUT2D eigenvalue weighted by Gasteiger charge is 2.29. The summed E-state index contributed by atoms with van der Waals surface area (Å²) in [6, 6.07) is 2.62. The second kappa shape index (κ2) is 5.30. The van der Waals surface area contributed by atoms with Gasteiger partial charge >= 0.3 is 0 Å². The summed E-state index contributed by atoms with van der Waals surface area (Å²) in [4.78, 5) is 13.8. The number of piperidine rings is 1. The average Bonchev–Trinajstić information content (AvgIpc) is 2.46. The molecule has 3 rings (SSSR count). The van der Waals surface area contributed by atoms with Crippen LogP contribution in [0.5, 0.6) is 0 Å². The Morgan fingerprint density at radius 2 is 2.16 bits per heavy atom. The highest BCUT2D eigenvalue weighted by atomic mass is 15.3. The van der Waals surface area contributed by atoms with Crippen LogP contribution in [-0.2, 0) is 0 Å². The lowest BCUT2D eigenvalue weighted by molar-refractivity contribution is 0.133. The van der Waals surface area contributed by atoms with Gasteiger partial charge in [0.15, 0.2) is 0 Å². The van der Waals surface area contributed by atoms with E-state index in [0.717, 1.165) is 31.3 Å². The summed E-state index contributed by atoms with van der Waals surface area (Å²) in [5.74, 6) is 7.90. The van der Waals surface area contributed by atoms with Crippen molar-refractivity contribution in [3.8, 4) is 0 Å². The zero-order chi connectivity index (χ0) is 13.2. The monoisotopic (exact) mass is 262 g/mol. The summed E-state index contributed by atoms with van der Waals surface area (Å²) in [5, 5.41) is 0. The molecule has 1 unspecified atom stereocenters. The van der Waals surface area contributed by atoms with Crippen LogP contribution in [0.15, 0.2) is 6.07 Å². The minimum Gasteiger partial charge on any atom is -0.354 e. The number of piperazine rings is 1. The van der Waals surface area contributed by atoms with Crippen LogP contribution >= 0.6 is 0 Å². The third-order valence-electron chi connectivity index (χ3n) is 4.13. The molecule has 0 amide bonds. The first-order chi connectivity index (χ1) is 9.26. The van der Waals surface area contributed by atoms with Crippen molar-refractivity contribution in [3.63, 3.8) is 0 Å². The SMILES string of the molecule is Cc1nc(NN)cc(N2CCN3CCCCC3C2)n1. The van der Waals surface area contributed by atoms with Crippen LogP contribution in [0.1, 0.15) is 25.1 Å². The fraction of sp³-hybridized carbons (Fsp3) is 0.692. The zero-order valence-corrected chi connectivity index (χ0v) is 11.5. The van der Waals surface area contributed by atoms with E-state index in [4.69, 9.17) is 5.84 Å². The van der Waals surface area contributed by atoms with Crippen LogP contribution in [0.2, 0.25) is 0 Å². The molecule has 3 N–H and O–H groups in total. The van der Waals surface area contributed by atoms with E-state index in [9.17, 15) is 0 Å². The van der Waals surface area contributed by atoms with E-state index in [1.54, 1.807) is 0 Å². The Bertz CT molecular complexity index is 449. The van der Waals surface area contributed by atoms with Crippen molar-refractivity contribution in [1.82, 2.24) is 14.9 Å². The second-order valence-electron chi connectivity index (χ2n) is 5.43. The van der Waals surface area contributed by atoms with E-state index in [1.165, 1.54) is 25.8 Å². The first-order valence-corrected chi connectivity index (χ1v) is 7.07. The number of fused-ring (bicyclic) bond motifs is 1. The van der Waals surface area contributed by atoms with E-state index in [1.807, 2.05) is 13.0 Å². The summed E-state index contributed by atoms with van der Waals surface area (Å²) in [7, 11) is 0. The highest BCUT2D eigenvalue weighted by Crippen LogP contribution is 2.24. The number of hydrogen-bond donors (Lipinski definition) is 2. The number of nitrogen functional groups attached to an aromatic ring is 1. The predicted molar refractivity (Wildman–Crippen MR) is 76.0 cm³/mol. The molecule has 2 saturated heterocycles. The molecule has 6 heteroatoms. The molecule has 1 aromatic heterocycles. The van der Waals surface area contributed by atoms with E-state index in [2.05, 4.69) is 25.2 Å². The van der Waals surface area contributed by atoms with Gasteiger partial charge in [0.2, 0.25) is 0 Å². The van der Waals surface area contributed by atoms with Crippen LogP contribution in [-0.4, -0.2) is 47.1 Å². The van der Waals surface area contributed by atoms with Crippen LogP contribution in [0, 0.1) is 6.92 Å². The van der Waals surface area contributed by atoms with Crippen molar-refractivity contribution in [3.05, 3.63) is 11.9 Å². The number of aromatic nitrogens is 2. The molecule has 2 fully saturated rings. The Morgan fingerprint density at radius 3 is 3.00 bits per heavy atom. The smallest absolute Gasteiger partial charge is 0.145 e. The molecule has 6 nitrogen and oxygen atoms in total. The minimum atomic E-state index is 0.687. The molecule has 2 aliphatic heterocycles. The maximum Gasteiger partial charge on any atom is 0.145 e. The molecule has 0 bridgehead atoms. The fourth-order valence-electron chi connectivity index (χ4n) is 3.15. The Balaban J connectivity index is 1.77. The summed E-state index contributed by atoms with van der Waals surface area (Å²) < 4.78 is 0. The molecule has 0 spiro atoms. The molecule has 0 aliphatic carbocycles. The van der Waals surface area contributed by atoms with Crippen molar-refractivity contribution in [2.24, 2.45) is 5.84 Å². The Kier molecular flexibility index (Phi) is 3.52. The van der Waals surface area contributed by atoms with Gasteiger partial charge < -0.3 is 10.3 Å². The van der Waals surface area contributed by atoms with Gasteiger partial charge in [0.05, 0.1) is 0 Å². The number of nitrogens with two attached hydrogens (primary N) is 1. The number of hydrazine groups is 1. The van der Waals surface area contributed by atoms with Gasteiger partial charge in [-0.15, -0.1) is 0 Å². The van der Waals surface area contributed by atoms with E-state index >= 15 is 0 Å². The van der Waals surface area contributed by atoms with Crippen molar-refractivity contribution in [2.45, 2.75) is 32.2 Å². The third-order valence-corrected chi connectivity index (χ3v) is 4.13. The Hall–Kier alpha value is -1.40. The van der Waals surface area contributed by atoms with Gasteiger partial charge in [0.1, 0.15) is 17.5 Å². The maximum absolute atomic E-state index is 5.46. The van der Waals surface area contributed by atoms with Gasteiger partial charge in [-0.3, -0.25) is 4.90 Å². The molecule has 0 radical (unpaired) electrons. The highest BCUT2D eigenvalue weighted by molar-refractivity contribution is 5.49. The normalized spacial score (nSPS) is 24.1. The number of anilines is 2. The van der Waals surface area contributed by atoms with Crippen LogP contribution in [0.25, 0.3) is 0 Å². The van der Waals surface area contributed by atoms with Crippen molar-refractivity contribution < 1.29 is 0 Å². The summed E-state index contributed by atoms with van der Waals surface area (Å²) in [6.45, 7) is 6.41. The standard InChI is InChI=1S/C13H22N6/c1-10-15-12(17-14)8-13(16-10)19-7-6-18-5-3-2-4-11(18)9-19/h8,11H,2-7,9,14H2,1H3,(H,15,16,17). The molecule has 3 heterocycles. The molecule has 19 heavy (non-hydrogen) atoms. The first-order valence-electron chi connectivity index (χ1n) is 7.07. The fourth-order valence-corrected chi connectivity index (χ4v) is 3.15. The van der Waals surface area contributed by atoms with Gasteiger partial charge in [-0.1, -0.05) is 6.42 Å². The first kappa shape index (κ1) is 12.6. The summed E-state index contributed by atoms with van der Waals surface area (Å²) in [6.07, 6.45) is 4.01. The van der Waals surface area contributed by atoms with Crippen LogP contribution < -0.4 is 16.2 Å². The van der Waals surface area contributed by atoms with Crippen LogP contribution in [0.3, 0.4) is 0 Å². The quantitative estimate of drug-likeness (QED) is 0.605. The average molecular weight is 262 g/mol. The second-order valence-corrected chi connectivity index (χ2v) is 5.43. The molecule has 2 aliphatic rings. The van der Waals surface area contributed by atoms with E-state index in [-0.39, 0.29) is 0 Å². The van der Waals surface area contributed by atoms with E-state index in [0.29, 0.717) is 11.9 Å². The van der Waals surface area contributed by atoms with Gasteiger partial charge in [-0.05, 0) is 26.3 Å². The number of hydrogen-bond acceptors (Lipinski definition) is 6. The number of nitrogens with one attached hydrogen (secondary N) is 1. The number of aryl methyl sites for hydroxylation is 1. The molecule has 0 aromatic carbocycles. The number of rotatable bonds is 2. The lowest BCUT2D eigenvalue weighted by Gasteiger charge is -2.44. The van der Waals surface area contributed by atoms with E-state index < -0.39 is 0 Å². The lowest BCUT2D eigenvalue weighted by Crippen LogP contribution is -2.55. The Labute approximate surface area is 114 Å². The molecule has 104 valence electrons. The molecule has 0 saturated carbocycles. The number of nitrogens with zero attached hydrogens (tertiary/aromatic N) is 4. The van der Waals surface area contributed by atoms with Gasteiger partial charge in [0, 0.05) is 31.7 Å². The van der Waals surface area contributed by atoms with Gasteiger partial charge in [0.25, 0.3) is 0 Å². The van der Waals surface area contributed by atoms with Crippen molar-refractivity contribution >= 4 is 11.6 Å². The van der Waals surface area contributed by atoms with Gasteiger partial charge in [-0.25, -0.2) is 15.8 Å². The largest absolute Gasteiger partial charge is 0.354 e. The zero-order valence-electron chi connectivity index (χ0n) is 11.5.